The number of rotatable bonds is 5. The molecule has 32 heavy (non-hydrogen) atoms. The van der Waals surface area contributed by atoms with Gasteiger partial charge in [-0.05, 0) is 55.8 Å². The fourth-order valence-corrected chi connectivity index (χ4v) is 5.33. The van der Waals surface area contributed by atoms with Crippen molar-refractivity contribution in [3.63, 3.8) is 0 Å². The smallest absolute Gasteiger partial charge is 0.259 e. The summed E-state index contributed by atoms with van der Waals surface area (Å²) in [5.74, 6) is 1.31. The van der Waals surface area contributed by atoms with E-state index in [9.17, 15) is 9.18 Å². The van der Waals surface area contributed by atoms with Gasteiger partial charge in [0.2, 0.25) is 0 Å². The minimum atomic E-state index is -0.307. The first-order valence-corrected chi connectivity index (χ1v) is 11.7. The molecule has 0 atom stereocenters. The van der Waals surface area contributed by atoms with Gasteiger partial charge in [-0.1, -0.05) is 30.0 Å². The van der Waals surface area contributed by atoms with Gasteiger partial charge in [-0.2, -0.15) is 0 Å². The molecule has 0 saturated carbocycles. The van der Waals surface area contributed by atoms with E-state index < -0.39 is 0 Å². The van der Waals surface area contributed by atoms with Crippen molar-refractivity contribution in [3.05, 3.63) is 87.0 Å². The van der Waals surface area contributed by atoms with Gasteiger partial charge in [0.15, 0.2) is 11.0 Å². The number of H-pyrrole nitrogens is 1. The van der Waals surface area contributed by atoms with Gasteiger partial charge in [0.25, 0.3) is 5.56 Å². The lowest BCUT2D eigenvalue weighted by Gasteiger charge is -2.10. The molecule has 0 aliphatic carbocycles. The number of nitrogens with zero attached hydrogens (tertiary/aromatic N) is 4. The van der Waals surface area contributed by atoms with E-state index in [0.717, 1.165) is 26.5 Å². The molecule has 6 nitrogen and oxygen atoms in total. The van der Waals surface area contributed by atoms with Crippen LogP contribution >= 0.6 is 23.1 Å². The van der Waals surface area contributed by atoms with Gasteiger partial charge in [-0.15, -0.1) is 21.5 Å². The molecule has 1 N–H and O–H groups in total. The van der Waals surface area contributed by atoms with Crippen LogP contribution in [0, 0.1) is 19.7 Å². The van der Waals surface area contributed by atoms with Crippen molar-refractivity contribution >= 4 is 33.3 Å². The number of thioether (sulfide) groups is 1. The van der Waals surface area contributed by atoms with Crippen LogP contribution in [-0.2, 0) is 5.75 Å². The minimum absolute atomic E-state index is 0.121. The number of nitrogens with one attached hydrogen (secondary N) is 1. The lowest BCUT2D eigenvalue weighted by Crippen LogP contribution is -2.11. The second-order valence-corrected chi connectivity index (χ2v) is 9.39. The summed E-state index contributed by atoms with van der Waals surface area (Å²) in [6.45, 7) is 3.94. The Morgan fingerprint density at radius 1 is 1.06 bits per heavy atom. The van der Waals surface area contributed by atoms with Crippen molar-refractivity contribution in [2.75, 3.05) is 0 Å². The van der Waals surface area contributed by atoms with Crippen molar-refractivity contribution in [1.82, 2.24) is 24.7 Å². The summed E-state index contributed by atoms with van der Waals surface area (Å²) >= 11 is 2.96. The van der Waals surface area contributed by atoms with Crippen LogP contribution in [-0.4, -0.2) is 24.7 Å². The summed E-state index contributed by atoms with van der Waals surface area (Å²) in [6.07, 6.45) is 0. The largest absolute Gasteiger partial charge is 0.309 e. The van der Waals surface area contributed by atoms with E-state index in [0.29, 0.717) is 27.9 Å². The first-order chi connectivity index (χ1) is 15.5. The van der Waals surface area contributed by atoms with E-state index in [4.69, 9.17) is 0 Å². The molecule has 3 heterocycles. The zero-order chi connectivity index (χ0) is 22.2. The predicted octanol–water partition coefficient (Wildman–Crippen LogP) is 5.28. The fraction of sp³-hybridized carbons (Fsp3) is 0.130. The SMILES string of the molecule is Cc1sc2nc(CSc3nnc(-c4ccc(F)cc4)n3-c3ccccc3)[nH]c(=O)c2c1C. The molecule has 0 aliphatic heterocycles. The van der Waals surface area contributed by atoms with E-state index in [-0.39, 0.29) is 11.4 Å². The second-order valence-electron chi connectivity index (χ2n) is 7.25. The highest BCUT2D eigenvalue weighted by atomic mass is 32.2. The molecule has 9 heteroatoms. The Balaban J connectivity index is 1.52. The molecule has 0 aliphatic rings. The van der Waals surface area contributed by atoms with Crippen LogP contribution in [0.2, 0.25) is 0 Å². The molecule has 0 spiro atoms. The Bertz CT molecular complexity index is 1470. The third kappa shape index (κ3) is 3.74. The number of halogens is 1. The summed E-state index contributed by atoms with van der Waals surface area (Å²) in [7, 11) is 0. The highest BCUT2D eigenvalue weighted by Gasteiger charge is 2.18. The van der Waals surface area contributed by atoms with Crippen LogP contribution in [0.5, 0.6) is 0 Å². The topological polar surface area (TPSA) is 76.5 Å². The normalized spacial score (nSPS) is 11.3. The Hall–Kier alpha value is -3.30. The number of aryl methyl sites for hydroxylation is 2. The number of fused-ring (bicyclic) bond motifs is 1. The highest BCUT2D eigenvalue weighted by molar-refractivity contribution is 7.98. The molecule has 0 bridgehead atoms. The first-order valence-electron chi connectivity index (χ1n) is 9.90. The summed E-state index contributed by atoms with van der Waals surface area (Å²) in [5.41, 5.74) is 2.50. The number of hydrogen-bond donors (Lipinski definition) is 1. The molecule has 0 unspecified atom stereocenters. The molecule has 0 amide bonds. The van der Waals surface area contributed by atoms with Crippen LogP contribution in [0.25, 0.3) is 27.3 Å². The van der Waals surface area contributed by atoms with E-state index in [1.54, 1.807) is 12.1 Å². The van der Waals surface area contributed by atoms with Crippen molar-refractivity contribution < 1.29 is 4.39 Å². The van der Waals surface area contributed by atoms with Gasteiger partial charge < -0.3 is 4.98 Å². The van der Waals surface area contributed by atoms with E-state index in [1.807, 2.05) is 48.7 Å². The minimum Gasteiger partial charge on any atom is -0.309 e. The number of aromatic amines is 1. The molecule has 3 aromatic heterocycles. The zero-order valence-electron chi connectivity index (χ0n) is 17.3. The molecule has 0 fully saturated rings. The van der Waals surface area contributed by atoms with Crippen molar-refractivity contribution in [1.29, 1.82) is 0 Å². The maximum atomic E-state index is 13.4. The monoisotopic (exact) mass is 463 g/mol. The van der Waals surface area contributed by atoms with Crippen molar-refractivity contribution in [2.24, 2.45) is 0 Å². The van der Waals surface area contributed by atoms with Gasteiger partial charge in [0, 0.05) is 16.1 Å². The predicted molar refractivity (Wildman–Crippen MR) is 126 cm³/mol. The number of benzene rings is 2. The lowest BCUT2D eigenvalue weighted by molar-refractivity contribution is 0.628. The Labute approximate surface area is 191 Å². The number of para-hydroxylation sites is 1. The van der Waals surface area contributed by atoms with Crippen molar-refractivity contribution in [3.8, 4) is 17.1 Å². The number of thiophene rings is 1. The van der Waals surface area contributed by atoms with Crippen LogP contribution in [0.4, 0.5) is 4.39 Å². The summed E-state index contributed by atoms with van der Waals surface area (Å²) < 4.78 is 15.4. The standard InChI is InChI=1S/C23H18FN5OS2/c1-13-14(2)32-22-19(13)21(30)25-18(26-22)12-31-23-28-27-20(15-8-10-16(24)11-9-15)29(23)17-6-4-3-5-7-17/h3-11H,12H2,1-2H3,(H,25,26,30). The second kappa shape index (κ2) is 8.33. The van der Waals surface area contributed by atoms with Gasteiger partial charge in [0.05, 0.1) is 11.1 Å². The first kappa shape index (κ1) is 20.6. The maximum absolute atomic E-state index is 13.4. The molecular weight excluding hydrogens is 445 g/mol. The third-order valence-corrected chi connectivity index (χ3v) is 7.22. The van der Waals surface area contributed by atoms with Crippen LogP contribution in [0.3, 0.4) is 0 Å². The quantitative estimate of drug-likeness (QED) is 0.359. The summed E-state index contributed by atoms with van der Waals surface area (Å²) in [4.78, 5) is 22.0. The van der Waals surface area contributed by atoms with E-state index in [2.05, 4.69) is 20.2 Å². The van der Waals surface area contributed by atoms with Gasteiger partial charge in [-0.25, -0.2) is 9.37 Å². The van der Waals surface area contributed by atoms with Gasteiger partial charge >= 0.3 is 0 Å². The molecular formula is C23H18FN5OS2. The van der Waals surface area contributed by atoms with Crippen LogP contribution in [0.1, 0.15) is 16.3 Å². The number of hydrogen-bond acceptors (Lipinski definition) is 6. The van der Waals surface area contributed by atoms with Crippen LogP contribution in [0.15, 0.2) is 64.5 Å². The van der Waals surface area contributed by atoms with Crippen molar-refractivity contribution in [2.45, 2.75) is 24.8 Å². The average Bonchev–Trinajstić information content (AvgIpc) is 3.34. The van der Waals surface area contributed by atoms with Gasteiger partial charge in [-0.3, -0.25) is 9.36 Å². The zero-order valence-corrected chi connectivity index (χ0v) is 18.9. The third-order valence-electron chi connectivity index (χ3n) is 5.18. The molecule has 5 aromatic rings. The molecule has 0 radical (unpaired) electrons. The average molecular weight is 464 g/mol. The van der Waals surface area contributed by atoms with E-state index in [1.165, 1.54) is 35.2 Å². The van der Waals surface area contributed by atoms with Crippen LogP contribution < -0.4 is 5.56 Å². The number of aromatic nitrogens is 5. The Kier molecular flexibility index (Phi) is 5.36. The fourth-order valence-electron chi connectivity index (χ4n) is 3.46. The van der Waals surface area contributed by atoms with E-state index >= 15 is 0 Å². The lowest BCUT2D eigenvalue weighted by atomic mass is 10.2. The Morgan fingerprint density at radius 2 is 1.81 bits per heavy atom. The molecule has 5 rings (SSSR count). The maximum Gasteiger partial charge on any atom is 0.259 e. The summed E-state index contributed by atoms with van der Waals surface area (Å²) in [5, 5.41) is 10.1. The molecule has 0 saturated heterocycles. The summed E-state index contributed by atoms with van der Waals surface area (Å²) in [6, 6.07) is 15.9. The molecule has 2 aromatic carbocycles. The molecule has 160 valence electrons. The highest BCUT2D eigenvalue weighted by Crippen LogP contribution is 2.30. The Morgan fingerprint density at radius 3 is 2.56 bits per heavy atom. The van der Waals surface area contributed by atoms with Gasteiger partial charge in [0.1, 0.15) is 16.5 Å².